The smallest absolute Gasteiger partial charge is 0.0553 e. The highest BCUT2D eigenvalue weighted by Crippen LogP contribution is 2.46. The third kappa shape index (κ3) is 3.79. The standard InChI is InChI=1S/C48H30N2/c1-2-14-30(15-3-1)50-45-25-13-11-23-40(45)47-38-21-8-6-18-33(38)42(29-46(47)50)36-27-26-35(31-16-4-5-17-32(31)36)41-28-43-37-20-10-12-24-44(37)49-48(43)39-22-9-7-19-34(39)41/h1-29,49H. The fraction of sp³-hybridized carbons (Fsp3) is 0. The molecule has 0 atom stereocenters. The molecule has 1 N–H and O–H groups in total. The van der Waals surface area contributed by atoms with Crippen LogP contribution in [-0.2, 0) is 0 Å². The van der Waals surface area contributed by atoms with Crippen LogP contribution in [0.5, 0.6) is 0 Å². The van der Waals surface area contributed by atoms with Crippen molar-refractivity contribution in [2.75, 3.05) is 0 Å². The van der Waals surface area contributed by atoms with Gasteiger partial charge in [0.25, 0.3) is 0 Å². The van der Waals surface area contributed by atoms with Crippen molar-refractivity contribution in [3.8, 4) is 27.9 Å². The highest BCUT2D eigenvalue weighted by Gasteiger charge is 2.20. The van der Waals surface area contributed by atoms with Crippen LogP contribution in [0.1, 0.15) is 0 Å². The lowest BCUT2D eigenvalue weighted by molar-refractivity contribution is 1.18. The Morgan fingerprint density at radius 1 is 0.320 bits per heavy atom. The molecule has 2 heterocycles. The molecule has 232 valence electrons. The Morgan fingerprint density at radius 2 is 0.820 bits per heavy atom. The summed E-state index contributed by atoms with van der Waals surface area (Å²) in [6, 6.07) is 64.5. The second kappa shape index (κ2) is 10.4. The Kier molecular flexibility index (Phi) is 5.70. The molecule has 50 heavy (non-hydrogen) atoms. The van der Waals surface area contributed by atoms with E-state index in [1.54, 1.807) is 0 Å². The van der Waals surface area contributed by atoms with Gasteiger partial charge in [0, 0.05) is 38.1 Å². The van der Waals surface area contributed by atoms with Crippen molar-refractivity contribution in [2.45, 2.75) is 0 Å². The minimum atomic E-state index is 1.17. The Balaban J connectivity index is 1.23. The number of hydrogen-bond donors (Lipinski definition) is 1. The number of hydrogen-bond acceptors (Lipinski definition) is 0. The largest absolute Gasteiger partial charge is 0.354 e. The molecule has 0 aliphatic carbocycles. The summed E-state index contributed by atoms with van der Waals surface area (Å²) in [4.78, 5) is 3.72. The van der Waals surface area contributed by atoms with E-state index < -0.39 is 0 Å². The number of aromatic nitrogens is 2. The number of aromatic amines is 1. The van der Waals surface area contributed by atoms with Crippen molar-refractivity contribution >= 4 is 75.9 Å². The van der Waals surface area contributed by atoms with E-state index in [4.69, 9.17) is 0 Å². The Hall–Kier alpha value is -6.64. The van der Waals surface area contributed by atoms with Crippen molar-refractivity contribution in [1.29, 1.82) is 0 Å². The molecule has 0 spiro atoms. The summed E-state index contributed by atoms with van der Waals surface area (Å²) in [7, 11) is 0. The number of para-hydroxylation sites is 3. The molecule has 0 saturated carbocycles. The lowest BCUT2D eigenvalue weighted by atomic mass is 9.87. The molecule has 0 aliphatic rings. The van der Waals surface area contributed by atoms with Crippen molar-refractivity contribution in [3.63, 3.8) is 0 Å². The first-order valence-electron chi connectivity index (χ1n) is 17.3. The molecular weight excluding hydrogens is 605 g/mol. The van der Waals surface area contributed by atoms with Gasteiger partial charge < -0.3 is 9.55 Å². The third-order valence-electron chi connectivity index (χ3n) is 10.7. The van der Waals surface area contributed by atoms with Gasteiger partial charge in [-0.05, 0) is 85.6 Å². The molecule has 0 unspecified atom stereocenters. The first-order valence-corrected chi connectivity index (χ1v) is 17.3. The van der Waals surface area contributed by atoms with Crippen LogP contribution in [0.15, 0.2) is 176 Å². The van der Waals surface area contributed by atoms with Crippen LogP contribution in [0, 0.1) is 0 Å². The minimum absolute atomic E-state index is 1.17. The van der Waals surface area contributed by atoms with Gasteiger partial charge in [0.2, 0.25) is 0 Å². The lowest BCUT2D eigenvalue weighted by Crippen LogP contribution is -1.94. The van der Waals surface area contributed by atoms with Crippen LogP contribution < -0.4 is 0 Å². The predicted octanol–water partition coefficient (Wildman–Crippen LogP) is 13.2. The molecule has 0 aliphatic heterocycles. The number of H-pyrrole nitrogens is 1. The molecule has 11 aromatic rings. The van der Waals surface area contributed by atoms with Crippen LogP contribution >= 0.6 is 0 Å². The first kappa shape index (κ1) is 27.3. The first-order chi connectivity index (χ1) is 24.8. The zero-order chi connectivity index (χ0) is 32.8. The van der Waals surface area contributed by atoms with Crippen LogP contribution in [0.4, 0.5) is 0 Å². The summed E-state index contributed by atoms with van der Waals surface area (Å²) in [5.41, 5.74) is 10.9. The van der Waals surface area contributed by atoms with E-state index >= 15 is 0 Å². The number of nitrogens with one attached hydrogen (secondary N) is 1. The van der Waals surface area contributed by atoms with Gasteiger partial charge in [0.1, 0.15) is 0 Å². The quantitative estimate of drug-likeness (QED) is 0.200. The Bertz CT molecular complexity index is 3140. The van der Waals surface area contributed by atoms with E-state index in [2.05, 4.69) is 185 Å². The van der Waals surface area contributed by atoms with E-state index in [9.17, 15) is 0 Å². The van der Waals surface area contributed by atoms with Crippen molar-refractivity contribution < 1.29 is 0 Å². The van der Waals surface area contributed by atoms with Gasteiger partial charge >= 0.3 is 0 Å². The average Bonchev–Trinajstić information content (AvgIpc) is 3.73. The van der Waals surface area contributed by atoms with Crippen molar-refractivity contribution in [1.82, 2.24) is 9.55 Å². The lowest BCUT2D eigenvalue weighted by Gasteiger charge is -2.17. The number of nitrogens with zero attached hydrogens (tertiary/aromatic N) is 1. The molecule has 2 aromatic heterocycles. The summed E-state index contributed by atoms with van der Waals surface area (Å²) in [5.74, 6) is 0. The topological polar surface area (TPSA) is 20.7 Å². The molecule has 11 rings (SSSR count). The van der Waals surface area contributed by atoms with Crippen molar-refractivity contribution in [3.05, 3.63) is 176 Å². The zero-order valence-corrected chi connectivity index (χ0v) is 27.2. The molecule has 2 heteroatoms. The maximum atomic E-state index is 3.72. The van der Waals surface area contributed by atoms with E-state index in [1.165, 1.54) is 104 Å². The van der Waals surface area contributed by atoms with E-state index in [-0.39, 0.29) is 0 Å². The maximum absolute atomic E-state index is 3.72. The summed E-state index contributed by atoms with van der Waals surface area (Å²) in [6.45, 7) is 0. The van der Waals surface area contributed by atoms with Gasteiger partial charge in [0.05, 0.1) is 16.6 Å². The van der Waals surface area contributed by atoms with E-state index in [0.717, 1.165) is 0 Å². The molecule has 0 bridgehead atoms. The highest BCUT2D eigenvalue weighted by atomic mass is 15.0. The molecule has 2 nitrogen and oxygen atoms in total. The average molecular weight is 635 g/mol. The van der Waals surface area contributed by atoms with Crippen molar-refractivity contribution in [2.24, 2.45) is 0 Å². The third-order valence-corrected chi connectivity index (χ3v) is 10.7. The SMILES string of the molecule is c1ccc(-n2c3ccccc3c3c4ccccc4c(-c4ccc(-c5cc6c7ccccc7[nH]c6c6ccccc56)c5ccccc45)cc32)cc1. The van der Waals surface area contributed by atoms with Crippen LogP contribution in [0.3, 0.4) is 0 Å². The summed E-state index contributed by atoms with van der Waals surface area (Å²) in [6.07, 6.45) is 0. The maximum Gasteiger partial charge on any atom is 0.0553 e. The van der Waals surface area contributed by atoms with Crippen LogP contribution in [0.25, 0.3) is 104 Å². The van der Waals surface area contributed by atoms with E-state index in [0.29, 0.717) is 0 Å². The normalized spacial score (nSPS) is 12.0. The van der Waals surface area contributed by atoms with Crippen LogP contribution in [0.2, 0.25) is 0 Å². The van der Waals surface area contributed by atoms with E-state index in [1.807, 2.05) is 0 Å². The summed E-state index contributed by atoms with van der Waals surface area (Å²) in [5, 5.41) is 12.6. The second-order valence-corrected chi connectivity index (χ2v) is 13.3. The Labute approximate surface area is 288 Å². The van der Waals surface area contributed by atoms with Gasteiger partial charge in [-0.1, -0.05) is 140 Å². The fourth-order valence-electron chi connectivity index (χ4n) is 8.58. The number of fused-ring (bicyclic) bond motifs is 11. The molecule has 0 saturated heterocycles. The minimum Gasteiger partial charge on any atom is -0.354 e. The summed E-state index contributed by atoms with van der Waals surface area (Å²) < 4.78 is 2.43. The monoisotopic (exact) mass is 634 g/mol. The number of rotatable bonds is 3. The van der Waals surface area contributed by atoms with Gasteiger partial charge in [-0.3, -0.25) is 0 Å². The fourth-order valence-corrected chi connectivity index (χ4v) is 8.58. The van der Waals surface area contributed by atoms with Gasteiger partial charge in [-0.15, -0.1) is 0 Å². The molecule has 0 amide bonds. The van der Waals surface area contributed by atoms with Gasteiger partial charge in [-0.25, -0.2) is 0 Å². The Morgan fingerprint density at radius 3 is 1.52 bits per heavy atom. The highest BCUT2D eigenvalue weighted by molar-refractivity contribution is 6.26. The molecular formula is C48H30N2. The second-order valence-electron chi connectivity index (χ2n) is 13.3. The molecule has 0 fully saturated rings. The zero-order valence-electron chi connectivity index (χ0n) is 27.2. The molecule has 0 radical (unpaired) electrons. The van der Waals surface area contributed by atoms with Gasteiger partial charge in [-0.2, -0.15) is 0 Å². The molecule has 9 aromatic carbocycles. The van der Waals surface area contributed by atoms with Crippen LogP contribution in [-0.4, -0.2) is 9.55 Å². The summed E-state index contributed by atoms with van der Waals surface area (Å²) >= 11 is 0. The van der Waals surface area contributed by atoms with Gasteiger partial charge in [0.15, 0.2) is 0 Å². The number of benzene rings is 9. The predicted molar refractivity (Wildman–Crippen MR) is 214 cm³/mol.